The fourth-order valence-electron chi connectivity index (χ4n) is 3.18. The van der Waals surface area contributed by atoms with Crippen LogP contribution in [-0.2, 0) is 4.79 Å². The highest BCUT2D eigenvalue weighted by molar-refractivity contribution is 6.30. The Kier molecular flexibility index (Phi) is 3.71. The molecule has 2 aliphatic rings. The van der Waals surface area contributed by atoms with Crippen molar-refractivity contribution in [1.29, 1.82) is 0 Å². The number of nitrogens with one attached hydrogen (secondary N) is 2. The summed E-state index contributed by atoms with van der Waals surface area (Å²) in [6.45, 7) is 0. The van der Waals surface area contributed by atoms with Crippen LogP contribution in [0.1, 0.15) is 32.1 Å². The number of rotatable bonds is 2. The molecule has 0 bridgehead atoms. The van der Waals surface area contributed by atoms with Gasteiger partial charge in [-0.25, -0.2) is 4.98 Å². The molecule has 1 saturated heterocycles. The monoisotopic (exact) mass is 279 g/mol. The van der Waals surface area contributed by atoms with E-state index in [0.29, 0.717) is 22.8 Å². The molecule has 3 atom stereocenters. The molecule has 1 amide bonds. The molecule has 102 valence electrons. The lowest BCUT2D eigenvalue weighted by Gasteiger charge is -2.24. The Labute approximate surface area is 117 Å². The van der Waals surface area contributed by atoms with Crippen LogP contribution >= 0.6 is 11.6 Å². The molecule has 5 heteroatoms. The van der Waals surface area contributed by atoms with Crippen molar-refractivity contribution in [3.8, 4) is 0 Å². The molecule has 2 N–H and O–H groups in total. The first-order valence-electron chi connectivity index (χ1n) is 6.91. The topological polar surface area (TPSA) is 54.0 Å². The molecule has 1 aliphatic heterocycles. The van der Waals surface area contributed by atoms with Crippen molar-refractivity contribution < 1.29 is 4.79 Å². The summed E-state index contributed by atoms with van der Waals surface area (Å²) in [5.41, 5.74) is 0. The van der Waals surface area contributed by atoms with Gasteiger partial charge in [0, 0.05) is 12.2 Å². The second-order valence-corrected chi connectivity index (χ2v) is 5.89. The van der Waals surface area contributed by atoms with Gasteiger partial charge in [-0.15, -0.1) is 0 Å². The van der Waals surface area contributed by atoms with Crippen LogP contribution in [0, 0.1) is 5.92 Å². The maximum absolute atomic E-state index is 12.2. The van der Waals surface area contributed by atoms with E-state index in [1.807, 2.05) is 0 Å². The summed E-state index contributed by atoms with van der Waals surface area (Å²) in [7, 11) is 0. The predicted octanol–water partition coefficient (Wildman–Crippen LogP) is 2.59. The minimum Gasteiger partial charge on any atom is -0.309 e. The number of fused-ring (bicyclic) bond motifs is 1. The summed E-state index contributed by atoms with van der Waals surface area (Å²) in [5.74, 6) is 1.25. The van der Waals surface area contributed by atoms with E-state index >= 15 is 0 Å². The number of carbonyl (C=O) groups excluding carboxylic acids is 1. The SMILES string of the molecule is O=C(Nc1ccc(Cl)cn1)C1CC2CCCCC2N1. The number of nitrogens with zero attached hydrogens (tertiary/aromatic N) is 1. The number of pyridine rings is 1. The van der Waals surface area contributed by atoms with Gasteiger partial charge in [-0.3, -0.25) is 4.79 Å². The lowest BCUT2D eigenvalue weighted by Crippen LogP contribution is -2.40. The highest BCUT2D eigenvalue weighted by atomic mass is 35.5. The van der Waals surface area contributed by atoms with E-state index in [1.54, 1.807) is 18.3 Å². The van der Waals surface area contributed by atoms with E-state index in [9.17, 15) is 4.79 Å². The minimum absolute atomic E-state index is 0.0178. The van der Waals surface area contributed by atoms with E-state index in [2.05, 4.69) is 15.6 Å². The van der Waals surface area contributed by atoms with Gasteiger partial charge < -0.3 is 10.6 Å². The predicted molar refractivity (Wildman–Crippen MR) is 75.2 cm³/mol. The standard InChI is InChI=1S/C14H18ClN3O/c15-10-5-6-13(16-8-10)18-14(19)12-7-9-3-1-2-4-11(9)17-12/h5-6,8-9,11-12,17H,1-4,7H2,(H,16,18,19). The van der Waals surface area contributed by atoms with Crippen molar-refractivity contribution in [3.05, 3.63) is 23.4 Å². The van der Waals surface area contributed by atoms with Crippen molar-refractivity contribution in [1.82, 2.24) is 10.3 Å². The molecule has 2 fully saturated rings. The van der Waals surface area contributed by atoms with Gasteiger partial charge in [0.05, 0.1) is 11.1 Å². The Morgan fingerprint density at radius 1 is 1.37 bits per heavy atom. The number of halogens is 1. The molecular weight excluding hydrogens is 262 g/mol. The molecular formula is C14H18ClN3O. The van der Waals surface area contributed by atoms with Gasteiger partial charge >= 0.3 is 0 Å². The quantitative estimate of drug-likeness (QED) is 0.875. The molecule has 3 rings (SSSR count). The van der Waals surface area contributed by atoms with Crippen LogP contribution in [0.5, 0.6) is 0 Å². The first-order chi connectivity index (χ1) is 9.22. The van der Waals surface area contributed by atoms with Crippen LogP contribution in [0.4, 0.5) is 5.82 Å². The van der Waals surface area contributed by atoms with E-state index in [-0.39, 0.29) is 11.9 Å². The Bertz CT molecular complexity index is 448. The Morgan fingerprint density at radius 3 is 2.95 bits per heavy atom. The van der Waals surface area contributed by atoms with Gasteiger partial charge in [0.15, 0.2) is 0 Å². The van der Waals surface area contributed by atoms with Crippen LogP contribution in [0.25, 0.3) is 0 Å². The fourth-order valence-corrected chi connectivity index (χ4v) is 3.30. The average molecular weight is 280 g/mol. The normalized spacial score (nSPS) is 29.8. The summed E-state index contributed by atoms with van der Waals surface area (Å²) in [6, 6.07) is 3.90. The van der Waals surface area contributed by atoms with Gasteiger partial charge in [-0.05, 0) is 37.3 Å². The van der Waals surface area contributed by atoms with Gasteiger partial charge in [0.1, 0.15) is 5.82 Å². The summed E-state index contributed by atoms with van der Waals surface area (Å²) in [5, 5.41) is 6.88. The summed E-state index contributed by atoms with van der Waals surface area (Å²) in [6.07, 6.45) is 7.52. The maximum atomic E-state index is 12.2. The van der Waals surface area contributed by atoms with E-state index < -0.39 is 0 Å². The zero-order chi connectivity index (χ0) is 13.2. The number of carbonyl (C=O) groups is 1. The van der Waals surface area contributed by atoms with Gasteiger partial charge in [0.25, 0.3) is 0 Å². The lowest BCUT2D eigenvalue weighted by molar-refractivity contribution is -0.117. The largest absolute Gasteiger partial charge is 0.309 e. The third kappa shape index (κ3) is 2.90. The van der Waals surface area contributed by atoms with Crippen LogP contribution in [0.3, 0.4) is 0 Å². The molecule has 1 aromatic rings. The van der Waals surface area contributed by atoms with Crippen molar-refractivity contribution in [2.45, 2.75) is 44.2 Å². The lowest BCUT2D eigenvalue weighted by atomic mass is 9.85. The third-order valence-electron chi connectivity index (χ3n) is 4.16. The number of hydrogen-bond donors (Lipinski definition) is 2. The highest BCUT2D eigenvalue weighted by Gasteiger charge is 2.38. The van der Waals surface area contributed by atoms with E-state index in [1.165, 1.54) is 25.7 Å². The molecule has 0 spiro atoms. The number of hydrogen-bond acceptors (Lipinski definition) is 3. The molecule has 19 heavy (non-hydrogen) atoms. The average Bonchev–Trinajstić information content (AvgIpc) is 2.85. The number of aromatic nitrogens is 1. The summed E-state index contributed by atoms with van der Waals surface area (Å²) < 4.78 is 0. The zero-order valence-electron chi connectivity index (χ0n) is 10.7. The molecule has 3 unspecified atom stereocenters. The fraction of sp³-hybridized carbons (Fsp3) is 0.571. The molecule has 4 nitrogen and oxygen atoms in total. The van der Waals surface area contributed by atoms with E-state index in [4.69, 9.17) is 11.6 Å². The van der Waals surface area contributed by atoms with E-state index in [0.717, 1.165) is 6.42 Å². The maximum Gasteiger partial charge on any atom is 0.242 e. The first kappa shape index (κ1) is 12.9. The summed E-state index contributed by atoms with van der Waals surface area (Å²) >= 11 is 5.77. The van der Waals surface area contributed by atoms with Gasteiger partial charge in [-0.2, -0.15) is 0 Å². The second-order valence-electron chi connectivity index (χ2n) is 5.46. The van der Waals surface area contributed by atoms with Crippen molar-refractivity contribution >= 4 is 23.3 Å². The smallest absolute Gasteiger partial charge is 0.242 e. The molecule has 0 radical (unpaired) electrons. The summed E-state index contributed by atoms with van der Waals surface area (Å²) in [4.78, 5) is 16.3. The highest BCUT2D eigenvalue weighted by Crippen LogP contribution is 2.33. The van der Waals surface area contributed by atoms with Crippen molar-refractivity contribution in [2.24, 2.45) is 5.92 Å². The first-order valence-corrected chi connectivity index (χ1v) is 7.28. The Morgan fingerprint density at radius 2 is 2.21 bits per heavy atom. The molecule has 0 aromatic carbocycles. The third-order valence-corrected chi connectivity index (χ3v) is 4.38. The Hall–Kier alpha value is -1.13. The van der Waals surface area contributed by atoms with Crippen LogP contribution in [0.2, 0.25) is 5.02 Å². The van der Waals surface area contributed by atoms with Crippen molar-refractivity contribution in [3.63, 3.8) is 0 Å². The second kappa shape index (κ2) is 5.47. The molecule has 1 aromatic heterocycles. The number of anilines is 1. The molecule has 1 saturated carbocycles. The zero-order valence-corrected chi connectivity index (χ0v) is 11.5. The molecule has 2 heterocycles. The Balaban J connectivity index is 1.60. The van der Waals surface area contributed by atoms with Crippen molar-refractivity contribution in [2.75, 3.05) is 5.32 Å². The number of amides is 1. The minimum atomic E-state index is -0.0782. The van der Waals surface area contributed by atoms with Crippen LogP contribution < -0.4 is 10.6 Å². The van der Waals surface area contributed by atoms with Gasteiger partial charge in [0.2, 0.25) is 5.91 Å². The van der Waals surface area contributed by atoms with Gasteiger partial charge in [-0.1, -0.05) is 24.4 Å². The van der Waals surface area contributed by atoms with Crippen LogP contribution in [0.15, 0.2) is 18.3 Å². The van der Waals surface area contributed by atoms with Crippen LogP contribution in [-0.4, -0.2) is 23.0 Å². The molecule has 1 aliphatic carbocycles.